The molecule has 18 heavy (non-hydrogen) atoms. The molecule has 0 bridgehead atoms. The van der Waals surface area contributed by atoms with Gasteiger partial charge in [-0.3, -0.25) is 4.90 Å². The minimum atomic E-state index is 0.559. The zero-order chi connectivity index (χ0) is 13.0. The van der Waals surface area contributed by atoms with E-state index in [1.54, 1.807) is 0 Å². The molecule has 106 valence electrons. The molecule has 0 aromatic rings. The van der Waals surface area contributed by atoms with E-state index in [1.807, 2.05) is 0 Å². The Kier molecular flexibility index (Phi) is 5.05. The lowest BCUT2D eigenvalue weighted by atomic mass is 9.80. The van der Waals surface area contributed by atoms with Gasteiger partial charge in [0.1, 0.15) is 0 Å². The van der Waals surface area contributed by atoms with Crippen LogP contribution in [0.1, 0.15) is 40.0 Å². The molecule has 2 aliphatic heterocycles. The van der Waals surface area contributed by atoms with Crippen molar-refractivity contribution in [2.75, 3.05) is 45.8 Å². The fourth-order valence-corrected chi connectivity index (χ4v) is 3.35. The van der Waals surface area contributed by atoms with Crippen molar-refractivity contribution >= 4 is 0 Å². The highest BCUT2D eigenvalue weighted by Crippen LogP contribution is 2.29. The summed E-state index contributed by atoms with van der Waals surface area (Å²) in [6.45, 7) is 16.0. The number of piperazine rings is 1. The summed E-state index contributed by atoms with van der Waals surface area (Å²) in [4.78, 5) is 5.35. The summed E-state index contributed by atoms with van der Waals surface area (Å²) < 4.78 is 0. The minimum Gasteiger partial charge on any atom is -0.317 e. The van der Waals surface area contributed by atoms with E-state index in [4.69, 9.17) is 0 Å². The van der Waals surface area contributed by atoms with Crippen LogP contribution in [0, 0.1) is 5.41 Å². The monoisotopic (exact) mass is 253 g/mol. The maximum Gasteiger partial charge on any atom is 0.0113 e. The lowest BCUT2D eigenvalue weighted by Gasteiger charge is -2.43. The predicted octanol–water partition coefficient (Wildman–Crippen LogP) is 1.79. The fourth-order valence-electron chi connectivity index (χ4n) is 3.35. The molecule has 0 radical (unpaired) electrons. The summed E-state index contributed by atoms with van der Waals surface area (Å²) in [6, 6.07) is 0.765. The molecule has 3 heteroatoms. The second-order valence-electron chi connectivity index (χ2n) is 6.63. The highest BCUT2D eigenvalue weighted by molar-refractivity contribution is 4.86. The summed E-state index contributed by atoms with van der Waals surface area (Å²) in [5.74, 6) is 0. The van der Waals surface area contributed by atoms with Crippen molar-refractivity contribution in [1.29, 1.82) is 0 Å². The van der Waals surface area contributed by atoms with Gasteiger partial charge in [-0.15, -0.1) is 0 Å². The quantitative estimate of drug-likeness (QED) is 0.824. The van der Waals surface area contributed by atoms with Crippen molar-refractivity contribution < 1.29 is 0 Å². The first-order chi connectivity index (χ1) is 8.63. The van der Waals surface area contributed by atoms with Gasteiger partial charge < -0.3 is 10.2 Å². The first kappa shape index (κ1) is 14.3. The smallest absolute Gasteiger partial charge is 0.0113 e. The third kappa shape index (κ3) is 3.69. The van der Waals surface area contributed by atoms with Crippen LogP contribution in [-0.2, 0) is 0 Å². The Hall–Kier alpha value is -0.120. The predicted molar refractivity (Wildman–Crippen MR) is 78.0 cm³/mol. The van der Waals surface area contributed by atoms with Crippen molar-refractivity contribution in [3.63, 3.8) is 0 Å². The van der Waals surface area contributed by atoms with E-state index in [0.717, 1.165) is 6.04 Å². The molecule has 0 aromatic carbocycles. The molecule has 1 N–H and O–H groups in total. The average molecular weight is 253 g/mol. The SMILES string of the molecule is CCC(C)N1CCN(CC2(C)CCNCC2)CC1. The van der Waals surface area contributed by atoms with E-state index >= 15 is 0 Å². The summed E-state index contributed by atoms with van der Waals surface area (Å²) in [5.41, 5.74) is 0.559. The molecule has 1 unspecified atom stereocenters. The van der Waals surface area contributed by atoms with Crippen molar-refractivity contribution in [2.24, 2.45) is 5.41 Å². The van der Waals surface area contributed by atoms with Crippen LogP contribution in [-0.4, -0.2) is 61.7 Å². The van der Waals surface area contributed by atoms with Gasteiger partial charge >= 0.3 is 0 Å². The average Bonchev–Trinajstić information content (AvgIpc) is 2.39. The van der Waals surface area contributed by atoms with Crippen LogP contribution in [0.15, 0.2) is 0 Å². The number of nitrogens with one attached hydrogen (secondary N) is 1. The zero-order valence-electron chi connectivity index (χ0n) is 12.5. The molecule has 0 spiro atoms. The third-order valence-corrected chi connectivity index (χ3v) is 5.04. The Morgan fingerprint density at radius 1 is 1.11 bits per heavy atom. The van der Waals surface area contributed by atoms with Crippen molar-refractivity contribution in [1.82, 2.24) is 15.1 Å². The summed E-state index contributed by atoms with van der Waals surface area (Å²) in [5, 5.41) is 3.48. The standard InChI is InChI=1S/C15H31N3/c1-4-14(2)18-11-9-17(10-12-18)13-15(3)5-7-16-8-6-15/h14,16H,4-13H2,1-3H3. The van der Waals surface area contributed by atoms with Crippen molar-refractivity contribution in [3.05, 3.63) is 0 Å². The number of hydrogen-bond donors (Lipinski definition) is 1. The van der Waals surface area contributed by atoms with Crippen LogP contribution in [0.5, 0.6) is 0 Å². The molecule has 3 nitrogen and oxygen atoms in total. The lowest BCUT2D eigenvalue weighted by molar-refractivity contribution is 0.0598. The Morgan fingerprint density at radius 3 is 2.28 bits per heavy atom. The minimum absolute atomic E-state index is 0.559. The lowest BCUT2D eigenvalue weighted by Crippen LogP contribution is -2.52. The first-order valence-electron chi connectivity index (χ1n) is 7.80. The largest absolute Gasteiger partial charge is 0.317 e. The van der Waals surface area contributed by atoms with Gasteiger partial charge in [-0.05, 0) is 44.7 Å². The molecule has 0 amide bonds. The highest BCUT2D eigenvalue weighted by atomic mass is 15.3. The Balaban J connectivity index is 1.76. The Bertz CT molecular complexity index is 240. The molecule has 2 heterocycles. The summed E-state index contributed by atoms with van der Waals surface area (Å²) >= 11 is 0. The normalized spacial score (nSPS) is 28.2. The Labute approximate surface area is 113 Å². The molecule has 0 saturated carbocycles. The van der Waals surface area contributed by atoms with Gasteiger partial charge in [-0.25, -0.2) is 0 Å². The molecule has 0 aromatic heterocycles. The van der Waals surface area contributed by atoms with E-state index in [0.29, 0.717) is 5.41 Å². The van der Waals surface area contributed by atoms with E-state index in [-0.39, 0.29) is 0 Å². The van der Waals surface area contributed by atoms with E-state index in [1.165, 1.54) is 65.1 Å². The molecular weight excluding hydrogens is 222 g/mol. The molecule has 2 rings (SSSR count). The van der Waals surface area contributed by atoms with Gasteiger partial charge in [-0.2, -0.15) is 0 Å². The molecule has 2 saturated heterocycles. The number of hydrogen-bond acceptors (Lipinski definition) is 3. The van der Waals surface area contributed by atoms with Crippen LogP contribution in [0.3, 0.4) is 0 Å². The molecule has 2 fully saturated rings. The van der Waals surface area contributed by atoms with Crippen molar-refractivity contribution in [2.45, 2.75) is 46.1 Å². The van der Waals surface area contributed by atoms with Gasteiger partial charge in [0.05, 0.1) is 0 Å². The van der Waals surface area contributed by atoms with Gasteiger partial charge in [0, 0.05) is 38.8 Å². The van der Waals surface area contributed by atoms with E-state index < -0.39 is 0 Å². The second kappa shape index (κ2) is 6.36. The van der Waals surface area contributed by atoms with E-state index in [2.05, 4.69) is 35.9 Å². The topological polar surface area (TPSA) is 18.5 Å². The Morgan fingerprint density at radius 2 is 1.72 bits per heavy atom. The number of nitrogens with zero attached hydrogens (tertiary/aromatic N) is 2. The van der Waals surface area contributed by atoms with Gasteiger partial charge in [0.2, 0.25) is 0 Å². The van der Waals surface area contributed by atoms with Crippen LogP contribution >= 0.6 is 0 Å². The second-order valence-corrected chi connectivity index (χ2v) is 6.63. The summed E-state index contributed by atoms with van der Waals surface area (Å²) in [7, 11) is 0. The van der Waals surface area contributed by atoms with Crippen LogP contribution in [0.25, 0.3) is 0 Å². The highest BCUT2D eigenvalue weighted by Gasteiger charge is 2.30. The zero-order valence-corrected chi connectivity index (χ0v) is 12.5. The van der Waals surface area contributed by atoms with Crippen LogP contribution < -0.4 is 5.32 Å². The number of rotatable bonds is 4. The molecule has 1 atom stereocenters. The van der Waals surface area contributed by atoms with E-state index in [9.17, 15) is 0 Å². The third-order valence-electron chi connectivity index (χ3n) is 5.04. The van der Waals surface area contributed by atoms with Gasteiger partial charge in [0.25, 0.3) is 0 Å². The fraction of sp³-hybridized carbons (Fsp3) is 1.00. The first-order valence-corrected chi connectivity index (χ1v) is 7.80. The maximum atomic E-state index is 3.48. The van der Waals surface area contributed by atoms with Gasteiger partial charge in [0.15, 0.2) is 0 Å². The molecular formula is C15H31N3. The molecule has 2 aliphatic rings. The number of piperidine rings is 1. The molecule has 0 aliphatic carbocycles. The van der Waals surface area contributed by atoms with Crippen molar-refractivity contribution in [3.8, 4) is 0 Å². The van der Waals surface area contributed by atoms with Crippen LogP contribution in [0.4, 0.5) is 0 Å². The maximum absolute atomic E-state index is 3.48. The van der Waals surface area contributed by atoms with Gasteiger partial charge in [-0.1, -0.05) is 13.8 Å². The summed E-state index contributed by atoms with van der Waals surface area (Å²) in [6.07, 6.45) is 3.97. The van der Waals surface area contributed by atoms with Crippen LogP contribution in [0.2, 0.25) is 0 Å².